The highest BCUT2D eigenvalue weighted by molar-refractivity contribution is 5.96. The van der Waals surface area contributed by atoms with E-state index in [0.29, 0.717) is 13.2 Å². The number of benzene rings is 1. The van der Waals surface area contributed by atoms with Gasteiger partial charge in [0.2, 0.25) is 0 Å². The summed E-state index contributed by atoms with van der Waals surface area (Å²) in [6.07, 6.45) is -0.316. The molecule has 0 aliphatic carbocycles. The van der Waals surface area contributed by atoms with Crippen molar-refractivity contribution in [3.05, 3.63) is 30.3 Å². The minimum absolute atomic E-state index is 0.0439. The van der Waals surface area contributed by atoms with Gasteiger partial charge in [0.25, 0.3) is 5.91 Å². The average Bonchev–Trinajstić information content (AvgIpc) is 2.36. The van der Waals surface area contributed by atoms with Gasteiger partial charge in [0, 0.05) is 12.2 Å². The maximum Gasteiger partial charge on any atom is 0.255 e. The predicted molar refractivity (Wildman–Crippen MR) is 65.6 cm³/mol. The van der Waals surface area contributed by atoms with E-state index in [1.165, 1.54) is 0 Å². The molecule has 1 saturated heterocycles. The van der Waals surface area contributed by atoms with Gasteiger partial charge in [-0.2, -0.15) is 0 Å². The molecule has 0 saturated carbocycles. The van der Waals surface area contributed by atoms with E-state index in [-0.39, 0.29) is 12.0 Å². The van der Waals surface area contributed by atoms with E-state index in [1.807, 2.05) is 44.2 Å². The summed E-state index contributed by atoms with van der Waals surface area (Å²) in [6, 6.07) is 9.69. The zero-order valence-corrected chi connectivity index (χ0v) is 10.1. The standard InChI is InChI=1S/C11H13NO2.C2H6/c1-9-11(13)12(7-8-14-9)10-5-3-2-4-6-10;1-2/h2-6,9H,7-8H2,1H3;1-2H3/t9-;/m1./s1. The zero-order chi connectivity index (χ0) is 12.0. The molecular formula is C13H19NO2. The number of morpholine rings is 1. The molecule has 1 fully saturated rings. The van der Waals surface area contributed by atoms with Gasteiger partial charge in [0.1, 0.15) is 6.10 Å². The Balaban J connectivity index is 0.000000606. The SMILES string of the molecule is CC.C[C@H]1OCCN(c2ccccc2)C1=O. The van der Waals surface area contributed by atoms with Gasteiger partial charge in [-0.1, -0.05) is 32.0 Å². The van der Waals surface area contributed by atoms with Crippen molar-refractivity contribution in [1.82, 2.24) is 0 Å². The number of carbonyl (C=O) groups is 1. The van der Waals surface area contributed by atoms with Gasteiger partial charge in [0.05, 0.1) is 6.61 Å². The van der Waals surface area contributed by atoms with Crippen LogP contribution in [0, 0.1) is 0 Å². The summed E-state index contributed by atoms with van der Waals surface area (Å²) in [5.74, 6) is 0.0439. The molecule has 2 rings (SSSR count). The van der Waals surface area contributed by atoms with Crippen LogP contribution in [0.5, 0.6) is 0 Å². The number of nitrogens with zero attached hydrogens (tertiary/aromatic N) is 1. The number of anilines is 1. The molecule has 1 heterocycles. The Morgan fingerprint density at radius 3 is 2.50 bits per heavy atom. The van der Waals surface area contributed by atoms with Crippen LogP contribution in [0.1, 0.15) is 20.8 Å². The Bertz CT molecular complexity index is 324. The fraction of sp³-hybridized carbons (Fsp3) is 0.462. The number of ether oxygens (including phenoxy) is 1. The van der Waals surface area contributed by atoms with Crippen LogP contribution < -0.4 is 4.90 Å². The number of rotatable bonds is 1. The van der Waals surface area contributed by atoms with Crippen LogP contribution in [0.25, 0.3) is 0 Å². The molecule has 0 unspecified atom stereocenters. The lowest BCUT2D eigenvalue weighted by atomic mass is 10.2. The molecule has 0 bridgehead atoms. The van der Waals surface area contributed by atoms with Crippen LogP contribution in [-0.2, 0) is 9.53 Å². The first-order valence-corrected chi connectivity index (χ1v) is 5.77. The lowest BCUT2D eigenvalue weighted by molar-refractivity contribution is -0.132. The van der Waals surface area contributed by atoms with Crippen molar-refractivity contribution in [2.75, 3.05) is 18.1 Å². The lowest BCUT2D eigenvalue weighted by Crippen LogP contribution is -2.46. The van der Waals surface area contributed by atoms with Gasteiger partial charge in [-0.25, -0.2) is 0 Å². The van der Waals surface area contributed by atoms with Crippen molar-refractivity contribution in [3.8, 4) is 0 Å². The summed E-state index contributed by atoms with van der Waals surface area (Å²) in [4.78, 5) is 13.5. The van der Waals surface area contributed by atoms with Gasteiger partial charge in [-0.05, 0) is 19.1 Å². The van der Waals surface area contributed by atoms with E-state index in [2.05, 4.69) is 0 Å². The normalized spacial score (nSPS) is 20.1. The summed E-state index contributed by atoms with van der Waals surface area (Å²) >= 11 is 0. The van der Waals surface area contributed by atoms with E-state index < -0.39 is 0 Å². The van der Waals surface area contributed by atoms with Gasteiger partial charge < -0.3 is 9.64 Å². The Kier molecular flexibility index (Phi) is 4.99. The Morgan fingerprint density at radius 1 is 1.25 bits per heavy atom. The van der Waals surface area contributed by atoms with E-state index >= 15 is 0 Å². The number of hydrogen-bond acceptors (Lipinski definition) is 2. The van der Waals surface area contributed by atoms with Crippen LogP contribution in [0.2, 0.25) is 0 Å². The average molecular weight is 221 g/mol. The molecule has 16 heavy (non-hydrogen) atoms. The summed E-state index contributed by atoms with van der Waals surface area (Å²) in [5, 5.41) is 0. The molecule has 1 aromatic rings. The topological polar surface area (TPSA) is 29.5 Å². The number of carbonyl (C=O) groups excluding carboxylic acids is 1. The molecule has 3 nitrogen and oxygen atoms in total. The third-order valence-electron chi connectivity index (χ3n) is 2.36. The minimum atomic E-state index is -0.316. The van der Waals surface area contributed by atoms with E-state index in [9.17, 15) is 4.79 Å². The lowest BCUT2D eigenvalue weighted by Gasteiger charge is -2.30. The van der Waals surface area contributed by atoms with Crippen molar-refractivity contribution in [3.63, 3.8) is 0 Å². The number of para-hydroxylation sites is 1. The fourth-order valence-corrected chi connectivity index (χ4v) is 1.59. The molecule has 0 radical (unpaired) electrons. The van der Waals surface area contributed by atoms with E-state index in [1.54, 1.807) is 11.8 Å². The molecule has 3 heteroatoms. The molecule has 1 aliphatic rings. The van der Waals surface area contributed by atoms with Crippen molar-refractivity contribution >= 4 is 11.6 Å². The summed E-state index contributed by atoms with van der Waals surface area (Å²) < 4.78 is 5.25. The third kappa shape index (κ3) is 2.83. The number of amides is 1. The van der Waals surface area contributed by atoms with Crippen molar-refractivity contribution in [1.29, 1.82) is 0 Å². The maximum absolute atomic E-state index is 11.7. The fourth-order valence-electron chi connectivity index (χ4n) is 1.59. The molecule has 0 aromatic heterocycles. The summed E-state index contributed by atoms with van der Waals surface area (Å²) in [5.41, 5.74) is 0.952. The first kappa shape index (κ1) is 12.7. The highest BCUT2D eigenvalue weighted by Gasteiger charge is 2.26. The monoisotopic (exact) mass is 221 g/mol. The molecule has 88 valence electrons. The van der Waals surface area contributed by atoms with Gasteiger partial charge in [-0.15, -0.1) is 0 Å². The predicted octanol–water partition coefficient (Wildman–Crippen LogP) is 2.46. The van der Waals surface area contributed by atoms with Gasteiger partial charge in [0.15, 0.2) is 0 Å². The molecular weight excluding hydrogens is 202 g/mol. The second-order valence-corrected chi connectivity index (χ2v) is 3.34. The highest BCUT2D eigenvalue weighted by Crippen LogP contribution is 2.17. The molecule has 0 N–H and O–H groups in total. The highest BCUT2D eigenvalue weighted by atomic mass is 16.5. The van der Waals surface area contributed by atoms with Crippen LogP contribution in [-0.4, -0.2) is 25.2 Å². The largest absolute Gasteiger partial charge is 0.367 e. The summed E-state index contributed by atoms with van der Waals surface area (Å²) in [7, 11) is 0. The Morgan fingerprint density at radius 2 is 1.88 bits per heavy atom. The quantitative estimate of drug-likeness (QED) is 0.729. The van der Waals surface area contributed by atoms with E-state index in [4.69, 9.17) is 4.74 Å². The summed E-state index contributed by atoms with van der Waals surface area (Å²) in [6.45, 7) is 7.05. The second kappa shape index (κ2) is 6.28. The van der Waals surface area contributed by atoms with Gasteiger partial charge >= 0.3 is 0 Å². The zero-order valence-electron chi connectivity index (χ0n) is 10.1. The van der Waals surface area contributed by atoms with Gasteiger partial charge in [-0.3, -0.25) is 4.79 Å². The van der Waals surface area contributed by atoms with Crippen molar-refractivity contribution in [2.45, 2.75) is 26.9 Å². The van der Waals surface area contributed by atoms with Crippen LogP contribution >= 0.6 is 0 Å². The van der Waals surface area contributed by atoms with Crippen LogP contribution in [0.15, 0.2) is 30.3 Å². The molecule has 1 aliphatic heterocycles. The van der Waals surface area contributed by atoms with Crippen LogP contribution in [0.3, 0.4) is 0 Å². The van der Waals surface area contributed by atoms with E-state index in [0.717, 1.165) is 5.69 Å². The van der Waals surface area contributed by atoms with Crippen molar-refractivity contribution < 1.29 is 9.53 Å². The maximum atomic E-state index is 11.7. The third-order valence-corrected chi connectivity index (χ3v) is 2.36. The smallest absolute Gasteiger partial charge is 0.255 e. The molecule has 1 amide bonds. The van der Waals surface area contributed by atoms with Crippen LogP contribution in [0.4, 0.5) is 5.69 Å². The molecule has 1 aromatic carbocycles. The van der Waals surface area contributed by atoms with Crippen molar-refractivity contribution in [2.24, 2.45) is 0 Å². The second-order valence-electron chi connectivity index (χ2n) is 3.34. The first-order chi connectivity index (χ1) is 7.79. The Hall–Kier alpha value is -1.35. The molecule has 0 spiro atoms. The minimum Gasteiger partial charge on any atom is -0.367 e. The Labute approximate surface area is 97.0 Å². The number of hydrogen-bond donors (Lipinski definition) is 0. The first-order valence-electron chi connectivity index (χ1n) is 5.77. The molecule has 1 atom stereocenters.